The van der Waals surface area contributed by atoms with Crippen LogP contribution in [-0.2, 0) is 0 Å². The molecule has 22 heavy (non-hydrogen) atoms. The van der Waals surface area contributed by atoms with Gasteiger partial charge in [-0.1, -0.05) is 70.4 Å². The minimum absolute atomic E-state index is 0.208. The second-order valence-electron chi connectivity index (χ2n) is 5.02. The van der Waals surface area contributed by atoms with Crippen molar-refractivity contribution in [3.05, 3.63) is 78.5 Å². The molecular weight excluding hydrogens is 290 g/mol. The van der Waals surface area contributed by atoms with Crippen LogP contribution in [-0.4, -0.2) is 11.2 Å². The molecule has 1 atom stereocenters. The highest BCUT2D eigenvalue weighted by atomic mass is 32.2. The van der Waals surface area contributed by atoms with Crippen LogP contribution in [0.3, 0.4) is 0 Å². The molecule has 1 aromatic heterocycles. The highest BCUT2D eigenvalue weighted by molar-refractivity contribution is 7.99. The van der Waals surface area contributed by atoms with Gasteiger partial charge in [0.25, 0.3) is 0 Å². The number of thioether (sulfide) groups is 1. The molecule has 1 aliphatic rings. The maximum Gasteiger partial charge on any atom is 0.386 e. The van der Waals surface area contributed by atoms with Gasteiger partial charge in [-0.25, -0.2) is 0 Å². The van der Waals surface area contributed by atoms with E-state index in [4.69, 9.17) is 4.98 Å². The highest BCUT2D eigenvalue weighted by Crippen LogP contribution is 2.33. The largest absolute Gasteiger partial charge is 0.386 e. The Morgan fingerprint density at radius 3 is 2.36 bits per heavy atom. The van der Waals surface area contributed by atoms with Gasteiger partial charge in [0.1, 0.15) is 6.20 Å². The molecule has 0 saturated heterocycles. The molecule has 1 aliphatic heterocycles. The van der Waals surface area contributed by atoms with Crippen molar-refractivity contribution in [1.82, 2.24) is 4.98 Å². The van der Waals surface area contributed by atoms with E-state index in [1.807, 2.05) is 47.4 Å². The van der Waals surface area contributed by atoms with Gasteiger partial charge in [0, 0.05) is 11.6 Å². The fraction of sp³-hybridized carbons (Fsp3) is 0.0556. The van der Waals surface area contributed by atoms with Gasteiger partial charge >= 0.3 is 5.16 Å². The van der Waals surface area contributed by atoms with Crippen LogP contribution in [0.2, 0.25) is 0 Å². The predicted octanol–water partition coefficient (Wildman–Crippen LogP) is 3.72. The Morgan fingerprint density at radius 2 is 1.59 bits per heavy atom. The first kappa shape index (κ1) is 13.2. The van der Waals surface area contributed by atoms with Crippen LogP contribution < -0.4 is 4.68 Å². The van der Waals surface area contributed by atoms with Gasteiger partial charge in [0.15, 0.2) is 5.69 Å². The topological polar surface area (TPSA) is 29.1 Å². The third-order valence-corrected chi connectivity index (χ3v) is 4.68. The average Bonchev–Trinajstić information content (AvgIpc) is 2.62. The Bertz CT molecular complexity index is 816. The Kier molecular flexibility index (Phi) is 3.45. The SMILES string of the molecule is C1=N[n+]2ccc(-c3ccccc3)nc2SC1c1ccccc1. The molecule has 3 nitrogen and oxygen atoms in total. The fourth-order valence-electron chi connectivity index (χ4n) is 2.41. The van der Waals surface area contributed by atoms with Crippen molar-refractivity contribution in [3.8, 4) is 11.3 Å². The summed E-state index contributed by atoms with van der Waals surface area (Å²) in [5, 5.41) is 5.62. The first-order chi connectivity index (χ1) is 10.9. The molecule has 2 aromatic carbocycles. The molecule has 106 valence electrons. The standard InChI is InChI=1S/C18H14N3S/c1-3-7-14(8-4-1)16-11-12-21-18(20-16)22-17(13-19-21)15-9-5-2-6-10-15/h1-13,17H/q+1. The number of hydrogen-bond acceptors (Lipinski definition) is 3. The molecule has 2 heterocycles. The van der Waals surface area contributed by atoms with Crippen LogP contribution in [0.1, 0.15) is 10.8 Å². The highest BCUT2D eigenvalue weighted by Gasteiger charge is 2.26. The molecule has 0 bridgehead atoms. The molecule has 0 N–H and O–H groups in total. The van der Waals surface area contributed by atoms with E-state index in [9.17, 15) is 0 Å². The van der Waals surface area contributed by atoms with Crippen molar-refractivity contribution in [2.45, 2.75) is 10.4 Å². The first-order valence-electron chi connectivity index (χ1n) is 7.14. The smallest absolute Gasteiger partial charge is 0.0958 e. The van der Waals surface area contributed by atoms with Crippen molar-refractivity contribution in [1.29, 1.82) is 0 Å². The van der Waals surface area contributed by atoms with E-state index in [0.717, 1.165) is 16.4 Å². The molecule has 0 fully saturated rings. The summed E-state index contributed by atoms with van der Waals surface area (Å²) in [7, 11) is 0. The summed E-state index contributed by atoms with van der Waals surface area (Å²) in [5.74, 6) is 0. The molecule has 0 amide bonds. The molecule has 0 spiro atoms. The number of aromatic nitrogens is 2. The Hall–Kier alpha value is -2.46. The molecule has 0 saturated carbocycles. The van der Waals surface area contributed by atoms with Gasteiger partial charge in [0.05, 0.1) is 11.5 Å². The number of benzene rings is 2. The summed E-state index contributed by atoms with van der Waals surface area (Å²) in [6, 6.07) is 22.6. The Labute approximate surface area is 133 Å². The van der Waals surface area contributed by atoms with Gasteiger partial charge in [-0.05, 0) is 22.3 Å². The lowest BCUT2D eigenvalue weighted by molar-refractivity contribution is -0.720. The first-order valence-corrected chi connectivity index (χ1v) is 8.02. The molecule has 4 rings (SSSR count). The lowest BCUT2D eigenvalue weighted by atomic mass is 10.1. The van der Waals surface area contributed by atoms with Crippen LogP contribution in [0.25, 0.3) is 11.3 Å². The van der Waals surface area contributed by atoms with E-state index < -0.39 is 0 Å². The van der Waals surface area contributed by atoms with E-state index in [0.29, 0.717) is 0 Å². The van der Waals surface area contributed by atoms with E-state index in [1.165, 1.54) is 5.56 Å². The van der Waals surface area contributed by atoms with E-state index >= 15 is 0 Å². The van der Waals surface area contributed by atoms with Crippen molar-refractivity contribution in [3.63, 3.8) is 0 Å². The second-order valence-corrected chi connectivity index (χ2v) is 6.13. The third kappa shape index (κ3) is 2.53. The Morgan fingerprint density at radius 1 is 0.864 bits per heavy atom. The summed E-state index contributed by atoms with van der Waals surface area (Å²) in [5.41, 5.74) is 3.34. The van der Waals surface area contributed by atoms with Crippen molar-refractivity contribution in [2.75, 3.05) is 0 Å². The third-order valence-electron chi connectivity index (χ3n) is 3.54. The maximum atomic E-state index is 4.77. The number of nitrogens with zero attached hydrogens (tertiary/aromatic N) is 3. The lowest BCUT2D eigenvalue weighted by Gasteiger charge is -2.13. The fourth-order valence-corrected chi connectivity index (χ4v) is 3.41. The monoisotopic (exact) mass is 304 g/mol. The quantitative estimate of drug-likeness (QED) is 0.533. The maximum absolute atomic E-state index is 4.77. The van der Waals surface area contributed by atoms with Crippen molar-refractivity contribution < 1.29 is 4.68 Å². The number of hydrogen-bond donors (Lipinski definition) is 0. The van der Waals surface area contributed by atoms with Crippen LogP contribution in [0.15, 0.2) is 83.2 Å². The summed E-state index contributed by atoms with van der Waals surface area (Å²) in [6.45, 7) is 0. The predicted molar refractivity (Wildman–Crippen MR) is 88.8 cm³/mol. The molecule has 1 unspecified atom stereocenters. The summed E-state index contributed by atoms with van der Waals surface area (Å²) < 4.78 is 1.83. The van der Waals surface area contributed by atoms with Crippen LogP contribution in [0.5, 0.6) is 0 Å². The zero-order valence-electron chi connectivity index (χ0n) is 11.8. The zero-order chi connectivity index (χ0) is 14.8. The molecule has 0 radical (unpaired) electrons. The van der Waals surface area contributed by atoms with Gasteiger partial charge < -0.3 is 0 Å². The summed E-state index contributed by atoms with van der Waals surface area (Å²) in [6.07, 6.45) is 3.94. The minimum Gasteiger partial charge on any atom is -0.0958 e. The summed E-state index contributed by atoms with van der Waals surface area (Å²) in [4.78, 5) is 4.77. The van der Waals surface area contributed by atoms with Gasteiger partial charge in [0.2, 0.25) is 0 Å². The van der Waals surface area contributed by atoms with E-state index in [2.05, 4.69) is 41.5 Å². The van der Waals surface area contributed by atoms with Crippen LogP contribution in [0, 0.1) is 0 Å². The summed E-state index contributed by atoms with van der Waals surface area (Å²) >= 11 is 1.72. The molecule has 3 aromatic rings. The zero-order valence-corrected chi connectivity index (χ0v) is 12.6. The van der Waals surface area contributed by atoms with Crippen LogP contribution in [0.4, 0.5) is 0 Å². The molecular formula is C18H14N3S+. The number of rotatable bonds is 2. The van der Waals surface area contributed by atoms with Gasteiger partial charge in [-0.2, -0.15) is 0 Å². The average molecular weight is 304 g/mol. The van der Waals surface area contributed by atoms with Gasteiger partial charge in [-0.3, -0.25) is 0 Å². The Balaban J connectivity index is 1.69. The minimum atomic E-state index is 0.208. The lowest BCUT2D eigenvalue weighted by Crippen LogP contribution is -2.34. The van der Waals surface area contributed by atoms with E-state index in [1.54, 1.807) is 11.8 Å². The van der Waals surface area contributed by atoms with Crippen molar-refractivity contribution in [2.24, 2.45) is 5.10 Å². The van der Waals surface area contributed by atoms with Gasteiger partial charge in [-0.15, -0.1) is 0 Å². The van der Waals surface area contributed by atoms with Crippen molar-refractivity contribution >= 4 is 18.0 Å². The molecule has 4 heteroatoms. The second kappa shape index (κ2) is 5.73. The van der Waals surface area contributed by atoms with Crippen LogP contribution >= 0.6 is 11.8 Å². The van der Waals surface area contributed by atoms with E-state index in [-0.39, 0.29) is 5.25 Å². The molecule has 0 aliphatic carbocycles. The normalized spacial score (nSPS) is 16.3. The number of fused-ring (bicyclic) bond motifs is 1.